The number of amides is 1. The Morgan fingerprint density at radius 3 is 2.25 bits per heavy atom. The summed E-state index contributed by atoms with van der Waals surface area (Å²) in [5.74, 6) is -0.304. The summed E-state index contributed by atoms with van der Waals surface area (Å²) in [7, 11) is 0. The monoisotopic (exact) mass is 209 g/mol. The summed E-state index contributed by atoms with van der Waals surface area (Å²) in [5.41, 5.74) is 0.217. The topological polar surface area (TPSA) is 29.1 Å². The molecule has 1 unspecified atom stereocenters. The van der Waals surface area contributed by atoms with Crippen LogP contribution < -0.4 is 5.32 Å². The molecular formula is C8H13Cl2NO. The van der Waals surface area contributed by atoms with Crippen LogP contribution in [0.25, 0.3) is 0 Å². The van der Waals surface area contributed by atoms with E-state index in [2.05, 4.69) is 19.2 Å². The standard InChI is InChI=1S/C8H13Cl2NO/c1-7(2)4-5(7)11-6(12)8(3,9)10/h5H,4H2,1-3H3,(H,11,12). The minimum Gasteiger partial charge on any atom is -0.350 e. The molecule has 0 spiro atoms. The molecule has 0 aromatic carbocycles. The molecule has 2 nitrogen and oxygen atoms in total. The highest BCUT2D eigenvalue weighted by atomic mass is 35.5. The molecule has 1 rings (SSSR count). The van der Waals surface area contributed by atoms with Crippen molar-refractivity contribution in [2.45, 2.75) is 37.6 Å². The van der Waals surface area contributed by atoms with Gasteiger partial charge in [-0.05, 0) is 18.8 Å². The third-order valence-corrected chi connectivity index (χ3v) is 2.56. The third kappa shape index (κ3) is 2.27. The lowest BCUT2D eigenvalue weighted by molar-refractivity contribution is -0.121. The molecule has 0 heterocycles. The molecule has 4 heteroatoms. The molecule has 0 aromatic rings. The lowest BCUT2D eigenvalue weighted by Gasteiger charge is -2.14. The average molecular weight is 210 g/mol. The van der Waals surface area contributed by atoms with Crippen molar-refractivity contribution in [2.24, 2.45) is 5.41 Å². The highest BCUT2D eigenvalue weighted by molar-refractivity contribution is 6.57. The van der Waals surface area contributed by atoms with E-state index in [1.807, 2.05) is 0 Å². The summed E-state index contributed by atoms with van der Waals surface area (Å²) in [5, 5.41) is 2.78. The van der Waals surface area contributed by atoms with E-state index in [0.29, 0.717) is 0 Å². The molecule has 0 saturated heterocycles. The van der Waals surface area contributed by atoms with E-state index in [4.69, 9.17) is 23.2 Å². The molecule has 70 valence electrons. The van der Waals surface area contributed by atoms with E-state index in [9.17, 15) is 4.79 Å². The first-order chi connectivity index (χ1) is 5.23. The summed E-state index contributed by atoms with van der Waals surface area (Å²) in [4.78, 5) is 11.2. The summed E-state index contributed by atoms with van der Waals surface area (Å²) in [6.07, 6.45) is 1.00. The minimum absolute atomic E-state index is 0.217. The second-order valence-electron chi connectivity index (χ2n) is 4.11. The number of hydrogen-bond donors (Lipinski definition) is 1. The van der Waals surface area contributed by atoms with Crippen LogP contribution in [0.5, 0.6) is 0 Å². The van der Waals surface area contributed by atoms with Crippen molar-refractivity contribution in [3.63, 3.8) is 0 Å². The van der Waals surface area contributed by atoms with Crippen LogP contribution in [0.1, 0.15) is 27.2 Å². The third-order valence-electron chi connectivity index (χ3n) is 2.22. The SMILES string of the molecule is CC(Cl)(Cl)C(=O)NC1CC1(C)C. The highest BCUT2D eigenvalue weighted by Crippen LogP contribution is 2.45. The first-order valence-electron chi connectivity index (χ1n) is 3.92. The minimum atomic E-state index is -1.31. The van der Waals surface area contributed by atoms with Crippen molar-refractivity contribution in [1.82, 2.24) is 5.32 Å². The Labute approximate surface area is 82.6 Å². The zero-order valence-electron chi connectivity index (χ0n) is 7.45. The van der Waals surface area contributed by atoms with Gasteiger partial charge in [0.1, 0.15) is 0 Å². The van der Waals surface area contributed by atoms with Crippen LogP contribution in [0.3, 0.4) is 0 Å². The van der Waals surface area contributed by atoms with Crippen molar-refractivity contribution < 1.29 is 4.79 Å². The Balaban J connectivity index is 2.40. The van der Waals surface area contributed by atoms with Crippen molar-refractivity contribution >= 4 is 29.1 Å². The quantitative estimate of drug-likeness (QED) is 0.694. The van der Waals surface area contributed by atoms with E-state index in [-0.39, 0.29) is 17.4 Å². The van der Waals surface area contributed by atoms with Crippen LogP contribution in [0, 0.1) is 5.41 Å². The van der Waals surface area contributed by atoms with Crippen molar-refractivity contribution in [3.05, 3.63) is 0 Å². The highest BCUT2D eigenvalue weighted by Gasteiger charge is 2.48. The molecule has 12 heavy (non-hydrogen) atoms. The molecule has 1 fully saturated rings. The average Bonchev–Trinajstić information content (AvgIpc) is 2.36. The first kappa shape index (κ1) is 10.1. The van der Waals surface area contributed by atoms with Crippen LogP contribution >= 0.6 is 23.2 Å². The van der Waals surface area contributed by atoms with Crippen LogP contribution in [0.15, 0.2) is 0 Å². The van der Waals surface area contributed by atoms with Gasteiger partial charge in [-0.2, -0.15) is 0 Å². The first-order valence-corrected chi connectivity index (χ1v) is 4.68. The Morgan fingerprint density at radius 1 is 1.58 bits per heavy atom. The van der Waals surface area contributed by atoms with Gasteiger partial charge in [0, 0.05) is 6.04 Å². The van der Waals surface area contributed by atoms with Gasteiger partial charge in [-0.15, -0.1) is 0 Å². The molecular weight excluding hydrogens is 197 g/mol. The Kier molecular flexibility index (Phi) is 2.34. The van der Waals surface area contributed by atoms with Gasteiger partial charge in [-0.1, -0.05) is 37.0 Å². The number of carbonyl (C=O) groups excluding carboxylic acids is 1. The van der Waals surface area contributed by atoms with Crippen LogP contribution in [-0.4, -0.2) is 16.3 Å². The van der Waals surface area contributed by atoms with E-state index >= 15 is 0 Å². The number of nitrogens with one attached hydrogen (secondary N) is 1. The van der Waals surface area contributed by atoms with Gasteiger partial charge in [-0.3, -0.25) is 4.79 Å². The maximum absolute atomic E-state index is 11.2. The number of alkyl halides is 2. The second kappa shape index (κ2) is 2.78. The van der Waals surface area contributed by atoms with E-state index in [1.165, 1.54) is 6.92 Å². The van der Waals surface area contributed by atoms with E-state index in [1.54, 1.807) is 0 Å². The second-order valence-corrected chi connectivity index (χ2v) is 5.81. The molecule has 1 saturated carbocycles. The van der Waals surface area contributed by atoms with Crippen LogP contribution in [0.4, 0.5) is 0 Å². The fourth-order valence-electron chi connectivity index (χ4n) is 0.999. The fraction of sp³-hybridized carbons (Fsp3) is 0.875. The molecule has 1 amide bonds. The van der Waals surface area contributed by atoms with Gasteiger partial charge in [0.25, 0.3) is 5.91 Å². The van der Waals surface area contributed by atoms with Crippen LogP contribution in [-0.2, 0) is 4.79 Å². The number of hydrogen-bond acceptors (Lipinski definition) is 1. The van der Waals surface area contributed by atoms with Gasteiger partial charge in [0.05, 0.1) is 0 Å². The lowest BCUT2D eigenvalue weighted by atomic mass is 10.2. The smallest absolute Gasteiger partial charge is 0.256 e. The summed E-state index contributed by atoms with van der Waals surface area (Å²) in [6.45, 7) is 5.66. The molecule has 0 aromatic heterocycles. The largest absolute Gasteiger partial charge is 0.350 e. The zero-order chi connectivity index (χ0) is 9.57. The van der Waals surface area contributed by atoms with Crippen molar-refractivity contribution in [1.29, 1.82) is 0 Å². The number of carbonyl (C=O) groups is 1. The van der Waals surface area contributed by atoms with Crippen molar-refractivity contribution in [2.75, 3.05) is 0 Å². The van der Waals surface area contributed by atoms with E-state index < -0.39 is 4.33 Å². The predicted octanol–water partition coefficient (Wildman–Crippen LogP) is 2.09. The van der Waals surface area contributed by atoms with Gasteiger partial charge < -0.3 is 5.32 Å². The number of rotatable bonds is 2. The molecule has 0 radical (unpaired) electrons. The van der Waals surface area contributed by atoms with Gasteiger partial charge in [-0.25, -0.2) is 0 Å². The van der Waals surface area contributed by atoms with Crippen LogP contribution in [0.2, 0.25) is 0 Å². The molecule has 0 bridgehead atoms. The maximum atomic E-state index is 11.2. The Morgan fingerprint density at radius 2 is 2.00 bits per heavy atom. The summed E-state index contributed by atoms with van der Waals surface area (Å²) < 4.78 is -1.31. The van der Waals surface area contributed by atoms with Gasteiger partial charge in [0.2, 0.25) is 0 Å². The molecule has 0 aliphatic heterocycles. The lowest BCUT2D eigenvalue weighted by Crippen LogP contribution is -2.38. The summed E-state index contributed by atoms with van der Waals surface area (Å²) in [6, 6.07) is 0.238. The van der Waals surface area contributed by atoms with Crippen molar-refractivity contribution in [3.8, 4) is 0 Å². The molecule has 1 aliphatic rings. The normalized spacial score (nSPS) is 26.6. The Bertz CT molecular complexity index is 208. The predicted molar refractivity (Wildman–Crippen MR) is 50.4 cm³/mol. The summed E-state index contributed by atoms with van der Waals surface area (Å²) >= 11 is 11.2. The molecule has 1 aliphatic carbocycles. The Hall–Kier alpha value is 0.0500. The zero-order valence-corrected chi connectivity index (χ0v) is 8.96. The molecule has 1 atom stereocenters. The fourth-order valence-corrected chi connectivity index (χ4v) is 1.11. The molecule has 1 N–H and O–H groups in total. The van der Waals surface area contributed by atoms with Gasteiger partial charge in [0.15, 0.2) is 4.33 Å². The van der Waals surface area contributed by atoms with Gasteiger partial charge >= 0.3 is 0 Å². The van der Waals surface area contributed by atoms with E-state index in [0.717, 1.165) is 6.42 Å². The maximum Gasteiger partial charge on any atom is 0.256 e. The number of halogens is 2.